The molecule has 2 heterocycles. The van der Waals surface area contributed by atoms with Gasteiger partial charge in [0, 0.05) is 18.1 Å². The minimum atomic E-state index is -0.153. The molecule has 0 bridgehead atoms. The van der Waals surface area contributed by atoms with Crippen molar-refractivity contribution in [3.8, 4) is 0 Å². The molecule has 25 heavy (non-hydrogen) atoms. The summed E-state index contributed by atoms with van der Waals surface area (Å²) in [5, 5.41) is 7.06. The van der Waals surface area contributed by atoms with Gasteiger partial charge >= 0.3 is 0 Å². The SMILES string of the molecule is CC(C)c1ccnc(NC(=O)Cc2cnn(Cc3ccccc3)c2)n1. The molecule has 0 fully saturated rings. The van der Waals surface area contributed by atoms with Crippen LogP contribution in [0.5, 0.6) is 0 Å². The Morgan fingerprint density at radius 2 is 1.96 bits per heavy atom. The average Bonchev–Trinajstić information content (AvgIpc) is 3.02. The first kappa shape index (κ1) is 16.8. The van der Waals surface area contributed by atoms with Gasteiger partial charge in [-0.15, -0.1) is 0 Å². The van der Waals surface area contributed by atoms with Crippen LogP contribution in [0, 0.1) is 0 Å². The summed E-state index contributed by atoms with van der Waals surface area (Å²) in [5.41, 5.74) is 2.93. The van der Waals surface area contributed by atoms with Crippen molar-refractivity contribution in [3.63, 3.8) is 0 Å². The zero-order chi connectivity index (χ0) is 17.6. The number of hydrogen-bond donors (Lipinski definition) is 1. The first-order valence-electron chi connectivity index (χ1n) is 8.28. The summed E-state index contributed by atoms with van der Waals surface area (Å²) in [6.45, 7) is 4.78. The van der Waals surface area contributed by atoms with E-state index in [0.29, 0.717) is 12.5 Å². The Kier molecular flexibility index (Phi) is 5.18. The Balaban J connectivity index is 1.59. The second-order valence-electron chi connectivity index (χ2n) is 6.22. The van der Waals surface area contributed by atoms with Crippen LogP contribution in [-0.4, -0.2) is 25.7 Å². The van der Waals surface area contributed by atoms with Crippen LogP contribution < -0.4 is 5.32 Å². The highest BCUT2D eigenvalue weighted by Crippen LogP contribution is 2.12. The molecule has 0 aliphatic heterocycles. The van der Waals surface area contributed by atoms with E-state index in [4.69, 9.17) is 0 Å². The van der Waals surface area contributed by atoms with E-state index in [-0.39, 0.29) is 18.2 Å². The summed E-state index contributed by atoms with van der Waals surface area (Å²) in [6, 6.07) is 11.9. The third-order valence-corrected chi connectivity index (χ3v) is 3.76. The fourth-order valence-corrected chi connectivity index (χ4v) is 2.46. The minimum Gasteiger partial charge on any atom is -0.294 e. The van der Waals surface area contributed by atoms with Crippen molar-refractivity contribution in [2.24, 2.45) is 0 Å². The molecule has 0 aliphatic carbocycles. The van der Waals surface area contributed by atoms with Crippen LogP contribution in [0.2, 0.25) is 0 Å². The van der Waals surface area contributed by atoms with Gasteiger partial charge in [-0.2, -0.15) is 5.10 Å². The zero-order valence-electron chi connectivity index (χ0n) is 14.4. The van der Waals surface area contributed by atoms with Gasteiger partial charge in [-0.3, -0.25) is 14.8 Å². The molecule has 0 radical (unpaired) electrons. The maximum atomic E-state index is 12.2. The molecule has 1 aromatic carbocycles. The lowest BCUT2D eigenvalue weighted by atomic mass is 10.1. The van der Waals surface area contributed by atoms with Gasteiger partial charge in [0.1, 0.15) is 0 Å². The molecular formula is C19H21N5O. The van der Waals surface area contributed by atoms with E-state index >= 15 is 0 Å². The number of nitrogens with one attached hydrogen (secondary N) is 1. The summed E-state index contributed by atoms with van der Waals surface area (Å²) in [7, 11) is 0. The highest BCUT2D eigenvalue weighted by molar-refractivity contribution is 5.90. The third-order valence-electron chi connectivity index (χ3n) is 3.76. The quantitative estimate of drug-likeness (QED) is 0.751. The maximum absolute atomic E-state index is 12.2. The van der Waals surface area contributed by atoms with Crippen molar-refractivity contribution in [2.75, 3.05) is 5.32 Å². The molecule has 0 saturated heterocycles. The standard InChI is InChI=1S/C19H21N5O/c1-14(2)17-8-9-20-19(22-17)23-18(25)10-16-11-21-24(13-16)12-15-6-4-3-5-7-15/h3-9,11,13-14H,10,12H2,1-2H3,(H,20,22,23,25). The van der Waals surface area contributed by atoms with Crippen LogP contribution in [0.15, 0.2) is 55.0 Å². The van der Waals surface area contributed by atoms with E-state index in [1.165, 1.54) is 5.56 Å². The first-order valence-corrected chi connectivity index (χ1v) is 8.28. The molecule has 128 valence electrons. The number of amides is 1. The summed E-state index contributed by atoms with van der Waals surface area (Å²) >= 11 is 0. The lowest BCUT2D eigenvalue weighted by Gasteiger charge is -2.07. The number of benzene rings is 1. The predicted octanol–water partition coefficient (Wildman–Crippen LogP) is 3.03. The second-order valence-corrected chi connectivity index (χ2v) is 6.22. The van der Waals surface area contributed by atoms with Crippen LogP contribution in [0.25, 0.3) is 0 Å². The first-order chi connectivity index (χ1) is 12.1. The highest BCUT2D eigenvalue weighted by Gasteiger charge is 2.09. The van der Waals surface area contributed by atoms with Crippen molar-refractivity contribution < 1.29 is 4.79 Å². The van der Waals surface area contributed by atoms with Gasteiger partial charge < -0.3 is 0 Å². The molecule has 2 aromatic heterocycles. The molecule has 0 atom stereocenters. The van der Waals surface area contributed by atoms with Crippen LogP contribution in [-0.2, 0) is 17.8 Å². The number of aromatic nitrogens is 4. The molecule has 0 unspecified atom stereocenters. The third kappa shape index (κ3) is 4.73. The molecule has 0 saturated carbocycles. The lowest BCUT2D eigenvalue weighted by Crippen LogP contribution is -2.16. The predicted molar refractivity (Wildman–Crippen MR) is 96.2 cm³/mol. The number of hydrogen-bond acceptors (Lipinski definition) is 4. The van der Waals surface area contributed by atoms with Gasteiger partial charge in [0.25, 0.3) is 0 Å². The van der Waals surface area contributed by atoms with E-state index in [0.717, 1.165) is 11.3 Å². The van der Waals surface area contributed by atoms with Crippen LogP contribution in [0.3, 0.4) is 0 Å². The van der Waals surface area contributed by atoms with Crippen LogP contribution >= 0.6 is 0 Å². The number of carbonyl (C=O) groups is 1. The van der Waals surface area contributed by atoms with Gasteiger partial charge in [-0.05, 0) is 23.1 Å². The lowest BCUT2D eigenvalue weighted by molar-refractivity contribution is -0.115. The van der Waals surface area contributed by atoms with Crippen LogP contribution in [0.1, 0.15) is 36.6 Å². The van der Waals surface area contributed by atoms with Gasteiger partial charge in [0.15, 0.2) is 0 Å². The zero-order valence-corrected chi connectivity index (χ0v) is 14.4. The molecule has 0 aliphatic rings. The van der Waals surface area contributed by atoms with E-state index < -0.39 is 0 Å². The molecule has 6 heteroatoms. The van der Waals surface area contributed by atoms with Crippen molar-refractivity contribution in [1.82, 2.24) is 19.7 Å². The monoisotopic (exact) mass is 335 g/mol. The Morgan fingerprint density at radius 3 is 2.72 bits per heavy atom. The van der Waals surface area contributed by atoms with Crippen molar-refractivity contribution in [1.29, 1.82) is 0 Å². The Morgan fingerprint density at radius 1 is 1.16 bits per heavy atom. The number of nitrogens with zero attached hydrogens (tertiary/aromatic N) is 4. The molecule has 6 nitrogen and oxygen atoms in total. The van der Waals surface area contributed by atoms with Crippen molar-refractivity contribution in [2.45, 2.75) is 32.7 Å². The van der Waals surface area contributed by atoms with Gasteiger partial charge in [0.2, 0.25) is 11.9 Å². The second kappa shape index (κ2) is 7.70. The Bertz CT molecular complexity index is 842. The number of anilines is 1. The molecule has 3 rings (SSSR count). The highest BCUT2D eigenvalue weighted by atomic mass is 16.1. The number of carbonyl (C=O) groups excluding carboxylic acids is 1. The topological polar surface area (TPSA) is 72.7 Å². The molecular weight excluding hydrogens is 314 g/mol. The normalized spacial score (nSPS) is 10.8. The molecule has 0 spiro atoms. The fourth-order valence-electron chi connectivity index (χ4n) is 2.46. The van der Waals surface area contributed by atoms with Crippen LogP contribution in [0.4, 0.5) is 5.95 Å². The summed E-state index contributed by atoms with van der Waals surface area (Å²) in [6.07, 6.45) is 5.51. The molecule has 1 amide bonds. The van der Waals surface area contributed by atoms with Crippen molar-refractivity contribution in [3.05, 3.63) is 71.8 Å². The molecule has 3 aromatic rings. The Labute approximate surface area is 146 Å². The van der Waals surface area contributed by atoms with E-state index in [2.05, 4.69) is 34.2 Å². The number of rotatable bonds is 6. The maximum Gasteiger partial charge on any atom is 0.231 e. The van der Waals surface area contributed by atoms with Gasteiger partial charge in [-0.1, -0.05) is 44.2 Å². The van der Waals surface area contributed by atoms with E-state index in [1.54, 1.807) is 12.4 Å². The Hall–Kier alpha value is -3.02. The van der Waals surface area contributed by atoms with Crippen molar-refractivity contribution >= 4 is 11.9 Å². The van der Waals surface area contributed by atoms with E-state index in [9.17, 15) is 4.79 Å². The minimum absolute atomic E-state index is 0.153. The summed E-state index contributed by atoms with van der Waals surface area (Å²) in [5.74, 6) is 0.475. The summed E-state index contributed by atoms with van der Waals surface area (Å²) < 4.78 is 1.83. The summed E-state index contributed by atoms with van der Waals surface area (Å²) in [4.78, 5) is 20.7. The van der Waals surface area contributed by atoms with E-state index in [1.807, 2.05) is 47.3 Å². The van der Waals surface area contributed by atoms with Gasteiger partial charge in [-0.25, -0.2) is 9.97 Å². The fraction of sp³-hybridized carbons (Fsp3) is 0.263. The van der Waals surface area contributed by atoms with Gasteiger partial charge in [0.05, 0.1) is 19.2 Å². The molecule has 1 N–H and O–H groups in total. The largest absolute Gasteiger partial charge is 0.294 e. The average molecular weight is 335 g/mol. The smallest absolute Gasteiger partial charge is 0.231 e.